The Morgan fingerprint density at radius 2 is 1.53 bits per heavy atom. The zero-order valence-corrected chi connectivity index (χ0v) is 11.6. The van der Waals surface area contributed by atoms with Gasteiger partial charge in [0.1, 0.15) is 0 Å². The molecule has 5 nitrogen and oxygen atoms in total. The van der Waals surface area contributed by atoms with Crippen LogP contribution in [0.3, 0.4) is 0 Å². The molecule has 5 heteroatoms. The fourth-order valence-corrected chi connectivity index (χ4v) is 1.43. The summed E-state index contributed by atoms with van der Waals surface area (Å²) in [6.45, 7) is 5.44. The number of anilines is 2. The van der Waals surface area contributed by atoms with Crippen molar-refractivity contribution in [2.24, 2.45) is 11.7 Å². The first-order valence-electron chi connectivity index (χ1n) is 6.35. The number of amides is 2. The molecule has 0 aliphatic heterocycles. The first kappa shape index (κ1) is 15.2. The van der Waals surface area contributed by atoms with Crippen LogP contribution in [0.1, 0.15) is 27.2 Å². The van der Waals surface area contributed by atoms with Crippen LogP contribution in [-0.4, -0.2) is 17.9 Å². The van der Waals surface area contributed by atoms with Gasteiger partial charge >= 0.3 is 0 Å². The monoisotopic (exact) mass is 263 g/mol. The predicted molar refractivity (Wildman–Crippen MR) is 76.8 cm³/mol. The van der Waals surface area contributed by atoms with Crippen LogP contribution in [-0.2, 0) is 9.59 Å². The predicted octanol–water partition coefficient (Wildman–Crippen LogP) is 1.96. The lowest BCUT2D eigenvalue weighted by Gasteiger charge is -2.10. The van der Waals surface area contributed by atoms with E-state index in [1.807, 2.05) is 13.8 Å². The molecule has 0 aliphatic rings. The van der Waals surface area contributed by atoms with Crippen molar-refractivity contribution in [1.29, 1.82) is 0 Å². The third kappa shape index (κ3) is 5.52. The number of nitrogens with one attached hydrogen (secondary N) is 2. The number of benzene rings is 1. The van der Waals surface area contributed by atoms with Crippen molar-refractivity contribution >= 4 is 23.2 Å². The van der Waals surface area contributed by atoms with E-state index < -0.39 is 0 Å². The maximum atomic E-state index is 11.5. The SMILES string of the molecule is CC(N)CC(=O)Nc1ccc(NC(=O)C(C)C)cc1. The van der Waals surface area contributed by atoms with Gasteiger partial charge in [-0.05, 0) is 31.2 Å². The number of carbonyl (C=O) groups is 2. The number of rotatable bonds is 5. The molecule has 1 aromatic carbocycles. The highest BCUT2D eigenvalue weighted by molar-refractivity contribution is 5.93. The van der Waals surface area contributed by atoms with Gasteiger partial charge in [0.25, 0.3) is 0 Å². The lowest BCUT2D eigenvalue weighted by molar-refractivity contribution is -0.119. The van der Waals surface area contributed by atoms with E-state index in [2.05, 4.69) is 10.6 Å². The molecule has 0 fully saturated rings. The van der Waals surface area contributed by atoms with E-state index in [-0.39, 0.29) is 30.2 Å². The minimum Gasteiger partial charge on any atom is -0.327 e. The summed E-state index contributed by atoms with van der Waals surface area (Å²) in [5, 5.41) is 5.53. The highest BCUT2D eigenvalue weighted by Gasteiger charge is 2.08. The van der Waals surface area contributed by atoms with Crippen LogP contribution in [0.4, 0.5) is 11.4 Å². The fourth-order valence-electron chi connectivity index (χ4n) is 1.43. The minimum atomic E-state index is -0.162. The Balaban J connectivity index is 2.57. The van der Waals surface area contributed by atoms with Gasteiger partial charge in [-0.2, -0.15) is 0 Å². The summed E-state index contributed by atoms with van der Waals surface area (Å²) >= 11 is 0. The van der Waals surface area contributed by atoms with Gasteiger partial charge in [0.05, 0.1) is 0 Å². The molecule has 0 spiro atoms. The summed E-state index contributed by atoms with van der Waals surface area (Å²) in [4.78, 5) is 23.0. The number of nitrogens with two attached hydrogens (primary N) is 1. The van der Waals surface area contributed by atoms with E-state index >= 15 is 0 Å². The van der Waals surface area contributed by atoms with Crippen LogP contribution < -0.4 is 16.4 Å². The molecule has 19 heavy (non-hydrogen) atoms. The Morgan fingerprint density at radius 1 is 1.05 bits per heavy atom. The Kier molecular flexibility index (Phi) is 5.51. The molecule has 1 rings (SSSR count). The quantitative estimate of drug-likeness (QED) is 0.759. The summed E-state index contributed by atoms with van der Waals surface area (Å²) in [6.07, 6.45) is 0.284. The van der Waals surface area contributed by atoms with E-state index in [9.17, 15) is 9.59 Å². The van der Waals surface area contributed by atoms with Gasteiger partial charge < -0.3 is 16.4 Å². The molecule has 1 unspecified atom stereocenters. The van der Waals surface area contributed by atoms with Crippen molar-refractivity contribution in [3.05, 3.63) is 24.3 Å². The van der Waals surface area contributed by atoms with Crippen molar-refractivity contribution in [2.75, 3.05) is 10.6 Å². The van der Waals surface area contributed by atoms with Crippen LogP contribution in [0.5, 0.6) is 0 Å². The summed E-state index contributed by atoms with van der Waals surface area (Å²) in [6, 6.07) is 6.83. The first-order valence-corrected chi connectivity index (χ1v) is 6.35. The van der Waals surface area contributed by atoms with Crippen LogP contribution >= 0.6 is 0 Å². The van der Waals surface area contributed by atoms with Crippen LogP contribution in [0.15, 0.2) is 24.3 Å². The highest BCUT2D eigenvalue weighted by Crippen LogP contribution is 2.14. The molecular formula is C14H21N3O2. The van der Waals surface area contributed by atoms with Crippen molar-refractivity contribution in [3.63, 3.8) is 0 Å². The topological polar surface area (TPSA) is 84.2 Å². The summed E-state index contributed by atoms with van der Waals surface area (Å²) in [5.41, 5.74) is 6.95. The molecule has 104 valence electrons. The van der Waals surface area contributed by atoms with Crippen LogP contribution in [0.2, 0.25) is 0 Å². The summed E-state index contributed by atoms with van der Waals surface area (Å²) in [5.74, 6) is -0.215. The number of hydrogen-bond acceptors (Lipinski definition) is 3. The molecule has 1 aromatic rings. The average molecular weight is 263 g/mol. The molecule has 0 bridgehead atoms. The molecule has 1 atom stereocenters. The Labute approximate surface area is 113 Å². The molecule has 0 radical (unpaired) electrons. The molecule has 4 N–H and O–H groups in total. The second kappa shape index (κ2) is 6.89. The Morgan fingerprint density at radius 3 is 1.95 bits per heavy atom. The third-order valence-electron chi connectivity index (χ3n) is 2.47. The third-order valence-corrected chi connectivity index (χ3v) is 2.47. The smallest absolute Gasteiger partial charge is 0.226 e. The van der Waals surface area contributed by atoms with E-state index in [4.69, 9.17) is 5.73 Å². The first-order chi connectivity index (χ1) is 8.88. The summed E-state index contributed by atoms with van der Waals surface area (Å²) in [7, 11) is 0. The standard InChI is InChI=1S/C14H21N3O2/c1-9(2)14(19)17-12-6-4-11(5-7-12)16-13(18)8-10(3)15/h4-7,9-10H,8,15H2,1-3H3,(H,16,18)(H,17,19). The van der Waals surface area contributed by atoms with E-state index in [1.165, 1.54) is 0 Å². The van der Waals surface area contributed by atoms with Gasteiger partial charge in [0.2, 0.25) is 11.8 Å². The van der Waals surface area contributed by atoms with Gasteiger partial charge in [-0.3, -0.25) is 9.59 Å². The summed E-state index contributed by atoms with van der Waals surface area (Å²) < 4.78 is 0. The van der Waals surface area contributed by atoms with Gasteiger partial charge in [-0.25, -0.2) is 0 Å². The van der Waals surface area contributed by atoms with Crippen molar-refractivity contribution in [1.82, 2.24) is 0 Å². The van der Waals surface area contributed by atoms with Gasteiger partial charge in [0, 0.05) is 29.8 Å². The Hall–Kier alpha value is -1.88. The number of carbonyl (C=O) groups excluding carboxylic acids is 2. The van der Waals surface area contributed by atoms with Crippen molar-refractivity contribution in [2.45, 2.75) is 33.2 Å². The minimum absolute atomic E-state index is 0.0336. The van der Waals surface area contributed by atoms with Gasteiger partial charge in [-0.15, -0.1) is 0 Å². The van der Waals surface area contributed by atoms with E-state index in [1.54, 1.807) is 31.2 Å². The van der Waals surface area contributed by atoms with Crippen LogP contribution in [0.25, 0.3) is 0 Å². The number of hydrogen-bond donors (Lipinski definition) is 3. The average Bonchev–Trinajstić information content (AvgIpc) is 2.30. The normalized spacial score (nSPS) is 12.1. The molecule has 0 saturated heterocycles. The van der Waals surface area contributed by atoms with Gasteiger partial charge in [-0.1, -0.05) is 13.8 Å². The van der Waals surface area contributed by atoms with Crippen molar-refractivity contribution < 1.29 is 9.59 Å². The Bertz CT molecular complexity index is 439. The molecule has 0 aromatic heterocycles. The second-order valence-electron chi connectivity index (χ2n) is 4.95. The maximum Gasteiger partial charge on any atom is 0.226 e. The second-order valence-corrected chi connectivity index (χ2v) is 4.95. The molecular weight excluding hydrogens is 242 g/mol. The van der Waals surface area contributed by atoms with Crippen LogP contribution in [0, 0.1) is 5.92 Å². The lowest BCUT2D eigenvalue weighted by Crippen LogP contribution is -2.24. The maximum absolute atomic E-state index is 11.5. The zero-order valence-electron chi connectivity index (χ0n) is 11.6. The fraction of sp³-hybridized carbons (Fsp3) is 0.429. The van der Waals surface area contributed by atoms with E-state index in [0.717, 1.165) is 0 Å². The molecule has 2 amide bonds. The zero-order chi connectivity index (χ0) is 14.4. The van der Waals surface area contributed by atoms with E-state index in [0.29, 0.717) is 11.4 Å². The molecule has 0 heterocycles. The lowest BCUT2D eigenvalue weighted by atomic mass is 10.2. The van der Waals surface area contributed by atoms with Gasteiger partial charge in [0.15, 0.2) is 0 Å². The largest absolute Gasteiger partial charge is 0.327 e. The van der Waals surface area contributed by atoms with Crippen molar-refractivity contribution in [3.8, 4) is 0 Å². The molecule has 0 saturated carbocycles. The highest BCUT2D eigenvalue weighted by atomic mass is 16.2. The molecule has 0 aliphatic carbocycles.